The van der Waals surface area contributed by atoms with E-state index in [2.05, 4.69) is 52.0 Å². The van der Waals surface area contributed by atoms with E-state index in [1.54, 1.807) is 23.9 Å². The molecule has 0 aliphatic heterocycles. The molecule has 0 saturated heterocycles. The Morgan fingerprint density at radius 1 is 0.850 bits per heavy atom. The predicted molar refractivity (Wildman–Crippen MR) is 88.7 cm³/mol. The summed E-state index contributed by atoms with van der Waals surface area (Å²) in [4.78, 5) is 2.36. The second kappa shape index (κ2) is 8.70. The molecular formula is C18H24OS. The van der Waals surface area contributed by atoms with E-state index < -0.39 is 0 Å². The predicted octanol–water partition coefficient (Wildman–Crippen LogP) is 6.08. The van der Waals surface area contributed by atoms with Gasteiger partial charge in [-0.3, -0.25) is 0 Å². The highest BCUT2D eigenvalue weighted by atomic mass is 32.2. The van der Waals surface area contributed by atoms with Gasteiger partial charge in [-0.05, 0) is 47.9 Å². The lowest BCUT2D eigenvalue weighted by Gasteiger charge is -2.06. The van der Waals surface area contributed by atoms with Crippen molar-refractivity contribution in [3.8, 4) is 5.75 Å². The first kappa shape index (κ1) is 16.6. The summed E-state index contributed by atoms with van der Waals surface area (Å²) in [7, 11) is 0. The summed E-state index contributed by atoms with van der Waals surface area (Å²) in [5.74, 6) is 0.882. The topological polar surface area (TPSA) is 20.2 Å². The molecule has 0 bridgehead atoms. The third kappa shape index (κ3) is 5.70. The molecule has 2 rings (SSSR count). The molecule has 108 valence electrons. The lowest BCUT2D eigenvalue weighted by molar-refractivity contribution is 0.475. The van der Waals surface area contributed by atoms with Crippen molar-refractivity contribution in [2.24, 2.45) is 0 Å². The molecule has 0 heterocycles. The summed E-state index contributed by atoms with van der Waals surface area (Å²) in [6, 6.07) is 15.9. The fourth-order valence-electron chi connectivity index (χ4n) is 1.57. The van der Waals surface area contributed by atoms with E-state index in [1.165, 1.54) is 16.9 Å². The van der Waals surface area contributed by atoms with Gasteiger partial charge in [-0.2, -0.15) is 0 Å². The van der Waals surface area contributed by atoms with Gasteiger partial charge in [-0.15, -0.1) is 0 Å². The van der Waals surface area contributed by atoms with E-state index in [1.807, 2.05) is 12.1 Å². The van der Waals surface area contributed by atoms with Crippen LogP contribution in [0.2, 0.25) is 0 Å². The van der Waals surface area contributed by atoms with Gasteiger partial charge >= 0.3 is 0 Å². The van der Waals surface area contributed by atoms with Crippen molar-refractivity contribution in [2.45, 2.75) is 49.8 Å². The minimum Gasteiger partial charge on any atom is -0.508 e. The van der Waals surface area contributed by atoms with Gasteiger partial charge in [0, 0.05) is 9.79 Å². The van der Waals surface area contributed by atoms with Gasteiger partial charge in [0.05, 0.1) is 0 Å². The maximum atomic E-state index is 9.21. The highest BCUT2D eigenvalue weighted by Crippen LogP contribution is 2.29. The van der Waals surface area contributed by atoms with E-state index >= 15 is 0 Å². The van der Waals surface area contributed by atoms with Gasteiger partial charge in [0.2, 0.25) is 0 Å². The maximum absolute atomic E-state index is 9.21. The van der Waals surface area contributed by atoms with Crippen LogP contribution in [-0.2, 0) is 0 Å². The molecule has 0 radical (unpaired) electrons. The Bertz CT molecular complexity index is 486. The summed E-state index contributed by atoms with van der Waals surface area (Å²) in [6.07, 6.45) is 1.25. The van der Waals surface area contributed by atoms with E-state index in [0.717, 1.165) is 4.90 Å². The third-order valence-electron chi connectivity index (χ3n) is 2.62. The van der Waals surface area contributed by atoms with E-state index in [0.29, 0.717) is 11.7 Å². The minimum absolute atomic E-state index is 0.310. The number of hydrogen-bond donors (Lipinski definition) is 1. The zero-order valence-electron chi connectivity index (χ0n) is 12.8. The molecule has 0 unspecified atom stereocenters. The zero-order valence-corrected chi connectivity index (χ0v) is 13.6. The molecule has 0 atom stereocenters. The molecule has 2 heteroatoms. The Kier molecular flexibility index (Phi) is 7.24. The second-order valence-electron chi connectivity index (χ2n) is 5.03. The Balaban J connectivity index is 0.000000612. The number of phenolic OH excluding ortho intramolecular Hbond substituents is 1. The number of aromatic hydroxyl groups is 1. The fraction of sp³-hybridized carbons (Fsp3) is 0.333. The zero-order chi connectivity index (χ0) is 15.0. The van der Waals surface area contributed by atoms with Crippen LogP contribution in [0.25, 0.3) is 0 Å². The SMILES string of the molecule is CC(C)c1ccc(Sc2ccc(O)cc2)cc1.CCC. The monoisotopic (exact) mass is 288 g/mol. The Morgan fingerprint density at radius 3 is 1.65 bits per heavy atom. The Labute approximate surface area is 127 Å². The number of benzene rings is 2. The van der Waals surface area contributed by atoms with Gasteiger partial charge in [-0.25, -0.2) is 0 Å². The van der Waals surface area contributed by atoms with E-state index in [-0.39, 0.29) is 0 Å². The molecule has 1 nitrogen and oxygen atoms in total. The lowest BCUT2D eigenvalue weighted by Crippen LogP contribution is -1.85. The highest BCUT2D eigenvalue weighted by molar-refractivity contribution is 7.99. The van der Waals surface area contributed by atoms with Crippen LogP contribution in [0.4, 0.5) is 0 Å². The Hall–Kier alpha value is -1.41. The molecule has 0 fully saturated rings. The van der Waals surface area contributed by atoms with Crippen molar-refractivity contribution in [1.82, 2.24) is 0 Å². The molecule has 2 aromatic carbocycles. The normalized spacial score (nSPS) is 10.1. The van der Waals surface area contributed by atoms with Crippen LogP contribution in [0.15, 0.2) is 58.3 Å². The molecule has 20 heavy (non-hydrogen) atoms. The summed E-state index contributed by atoms with van der Waals surface area (Å²) >= 11 is 1.71. The molecule has 0 amide bonds. The molecule has 0 spiro atoms. The van der Waals surface area contributed by atoms with Crippen molar-refractivity contribution in [2.75, 3.05) is 0 Å². The largest absolute Gasteiger partial charge is 0.508 e. The molecule has 1 N–H and O–H groups in total. The third-order valence-corrected chi connectivity index (χ3v) is 3.63. The van der Waals surface area contributed by atoms with Crippen molar-refractivity contribution >= 4 is 11.8 Å². The first-order valence-corrected chi connectivity index (χ1v) is 7.95. The second-order valence-corrected chi connectivity index (χ2v) is 6.17. The van der Waals surface area contributed by atoms with Gasteiger partial charge in [0.1, 0.15) is 5.75 Å². The van der Waals surface area contributed by atoms with Crippen LogP contribution in [-0.4, -0.2) is 5.11 Å². The van der Waals surface area contributed by atoms with Crippen molar-refractivity contribution in [1.29, 1.82) is 0 Å². The van der Waals surface area contributed by atoms with E-state index in [9.17, 15) is 5.11 Å². The summed E-state index contributed by atoms with van der Waals surface area (Å²) < 4.78 is 0. The van der Waals surface area contributed by atoms with Crippen LogP contribution in [0, 0.1) is 0 Å². The number of phenols is 1. The van der Waals surface area contributed by atoms with E-state index in [4.69, 9.17) is 0 Å². The maximum Gasteiger partial charge on any atom is 0.115 e. The summed E-state index contributed by atoms with van der Waals surface area (Å²) in [6.45, 7) is 8.64. The number of rotatable bonds is 3. The van der Waals surface area contributed by atoms with Crippen LogP contribution >= 0.6 is 11.8 Å². The molecule has 0 aliphatic rings. The minimum atomic E-state index is 0.310. The number of hydrogen-bond acceptors (Lipinski definition) is 2. The first-order chi connectivity index (χ1) is 9.56. The highest BCUT2D eigenvalue weighted by Gasteiger charge is 2.00. The van der Waals surface area contributed by atoms with Crippen LogP contribution in [0.5, 0.6) is 5.75 Å². The van der Waals surface area contributed by atoms with Crippen LogP contribution < -0.4 is 0 Å². The van der Waals surface area contributed by atoms with Crippen molar-refractivity contribution < 1.29 is 5.11 Å². The lowest BCUT2D eigenvalue weighted by atomic mass is 10.0. The molecule has 0 aliphatic carbocycles. The smallest absolute Gasteiger partial charge is 0.115 e. The van der Waals surface area contributed by atoms with Crippen molar-refractivity contribution in [3.05, 3.63) is 54.1 Å². The van der Waals surface area contributed by atoms with Gasteiger partial charge in [0.25, 0.3) is 0 Å². The standard InChI is InChI=1S/C15H16OS.C3H8/c1-11(2)12-3-7-14(8-4-12)17-15-9-5-13(16)6-10-15;1-3-2/h3-11,16H,1-2H3;3H2,1-2H3. The summed E-state index contributed by atoms with van der Waals surface area (Å²) in [5, 5.41) is 9.21. The average Bonchev–Trinajstić information content (AvgIpc) is 2.43. The van der Waals surface area contributed by atoms with Crippen molar-refractivity contribution in [3.63, 3.8) is 0 Å². The fourth-order valence-corrected chi connectivity index (χ4v) is 2.39. The molecule has 0 saturated carbocycles. The quantitative estimate of drug-likeness (QED) is 0.738. The van der Waals surface area contributed by atoms with Gasteiger partial charge in [0.15, 0.2) is 0 Å². The first-order valence-electron chi connectivity index (χ1n) is 7.13. The van der Waals surface area contributed by atoms with Crippen LogP contribution in [0.3, 0.4) is 0 Å². The van der Waals surface area contributed by atoms with Gasteiger partial charge in [-0.1, -0.05) is 58.0 Å². The molecule has 0 aromatic heterocycles. The molecular weight excluding hydrogens is 264 g/mol. The average molecular weight is 288 g/mol. The van der Waals surface area contributed by atoms with Crippen LogP contribution in [0.1, 0.15) is 45.6 Å². The Morgan fingerprint density at radius 2 is 1.25 bits per heavy atom. The van der Waals surface area contributed by atoms with Gasteiger partial charge < -0.3 is 5.11 Å². The molecule has 2 aromatic rings. The summed E-state index contributed by atoms with van der Waals surface area (Å²) in [5.41, 5.74) is 1.36.